The van der Waals surface area contributed by atoms with E-state index in [1.807, 2.05) is 12.1 Å². The highest BCUT2D eigenvalue weighted by Gasteiger charge is 2.40. The molecule has 0 amide bonds. The fourth-order valence-corrected chi connectivity index (χ4v) is 3.52. The molecule has 1 aromatic carbocycles. The molecule has 1 aromatic rings. The predicted octanol–water partition coefficient (Wildman–Crippen LogP) is 2.35. The highest BCUT2D eigenvalue weighted by molar-refractivity contribution is 6.32. The quantitative estimate of drug-likeness (QED) is 0.849. The van der Waals surface area contributed by atoms with Crippen LogP contribution in [0.5, 0.6) is 11.5 Å². The van der Waals surface area contributed by atoms with Crippen LogP contribution in [-0.2, 0) is 16.0 Å². The summed E-state index contributed by atoms with van der Waals surface area (Å²) in [7, 11) is 3.22. The molecule has 1 spiro atoms. The van der Waals surface area contributed by atoms with Crippen molar-refractivity contribution in [2.24, 2.45) is 0 Å². The van der Waals surface area contributed by atoms with Crippen molar-refractivity contribution in [1.82, 2.24) is 4.90 Å². The summed E-state index contributed by atoms with van der Waals surface area (Å²) in [6, 6.07) is 3.92. The molecule has 0 aliphatic carbocycles. The maximum atomic E-state index is 6.28. The number of ether oxygens (including phenoxy) is 4. The lowest BCUT2D eigenvalue weighted by Crippen LogP contribution is -2.51. The Hall–Kier alpha value is -1.01. The van der Waals surface area contributed by atoms with Crippen molar-refractivity contribution >= 4 is 11.6 Å². The van der Waals surface area contributed by atoms with Gasteiger partial charge < -0.3 is 18.9 Å². The van der Waals surface area contributed by atoms with E-state index in [0.717, 1.165) is 44.8 Å². The van der Waals surface area contributed by atoms with E-state index in [2.05, 4.69) is 4.90 Å². The Kier molecular flexibility index (Phi) is 4.78. The van der Waals surface area contributed by atoms with Crippen LogP contribution in [0.4, 0.5) is 0 Å². The van der Waals surface area contributed by atoms with Crippen molar-refractivity contribution in [3.63, 3.8) is 0 Å². The first-order valence-electron chi connectivity index (χ1n) is 7.50. The van der Waals surface area contributed by atoms with Crippen molar-refractivity contribution in [3.05, 3.63) is 22.7 Å². The van der Waals surface area contributed by atoms with Gasteiger partial charge in [-0.2, -0.15) is 0 Å². The third-order valence-electron chi connectivity index (χ3n) is 4.29. The van der Waals surface area contributed by atoms with Gasteiger partial charge in [-0.15, -0.1) is 0 Å². The minimum atomic E-state index is -0.126. The zero-order valence-electron chi connectivity index (χ0n) is 13.1. The van der Waals surface area contributed by atoms with Crippen LogP contribution in [0.2, 0.25) is 5.02 Å². The topological polar surface area (TPSA) is 40.2 Å². The molecule has 2 fully saturated rings. The second-order valence-corrected chi connectivity index (χ2v) is 6.27. The van der Waals surface area contributed by atoms with E-state index < -0.39 is 0 Å². The average molecular weight is 328 g/mol. The second kappa shape index (κ2) is 6.62. The molecule has 1 atom stereocenters. The van der Waals surface area contributed by atoms with Crippen LogP contribution >= 0.6 is 11.6 Å². The molecule has 0 radical (unpaired) electrons. The van der Waals surface area contributed by atoms with Crippen molar-refractivity contribution < 1.29 is 18.9 Å². The summed E-state index contributed by atoms with van der Waals surface area (Å²) >= 11 is 6.28. The van der Waals surface area contributed by atoms with E-state index in [0.29, 0.717) is 23.1 Å². The summed E-state index contributed by atoms with van der Waals surface area (Å²) in [4.78, 5) is 2.38. The Morgan fingerprint density at radius 3 is 2.82 bits per heavy atom. The molecular formula is C16H22ClNO4. The fraction of sp³-hybridized carbons (Fsp3) is 0.625. The minimum absolute atomic E-state index is 0.126. The molecule has 122 valence electrons. The van der Waals surface area contributed by atoms with E-state index in [-0.39, 0.29) is 5.60 Å². The number of nitrogens with zero attached hydrogens (tertiary/aromatic N) is 1. The van der Waals surface area contributed by atoms with Gasteiger partial charge in [-0.25, -0.2) is 0 Å². The van der Waals surface area contributed by atoms with Crippen LogP contribution in [-0.4, -0.2) is 57.6 Å². The first kappa shape index (κ1) is 15.9. The number of hydrogen-bond donors (Lipinski definition) is 0. The lowest BCUT2D eigenvalue weighted by atomic mass is 10.0. The summed E-state index contributed by atoms with van der Waals surface area (Å²) in [5.74, 6) is 1.24. The van der Waals surface area contributed by atoms with Crippen molar-refractivity contribution in [3.8, 4) is 11.5 Å². The molecule has 6 heteroatoms. The summed E-state index contributed by atoms with van der Waals surface area (Å²) in [5.41, 5.74) is 0.983. The van der Waals surface area contributed by atoms with Gasteiger partial charge in [-0.05, 0) is 17.7 Å². The van der Waals surface area contributed by atoms with E-state index in [9.17, 15) is 0 Å². The Labute approximate surface area is 136 Å². The zero-order chi connectivity index (χ0) is 15.6. The summed E-state index contributed by atoms with van der Waals surface area (Å²) in [5, 5.41) is 0.573. The third-order valence-corrected chi connectivity index (χ3v) is 4.57. The Bertz CT molecular complexity index is 531. The van der Waals surface area contributed by atoms with Gasteiger partial charge in [0.15, 0.2) is 11.5 Å². The number of hydrogen-bond acceptors (Lipinski definition) is 5. The zero-order valence-corrected chi connectivity index (χ0v) is 13.8. The van der Waals surface area contributed by atoms with Gasteiger partial charge in [0.25, 0.3) is 0 Å². The van der Waals surface area contributed by atoms with Gasteiger partial charge in [0.2, 0.25) is 0 Å². The Morgan fingerprint density at radius 2 is 2.14 bits per heavy atom. The van der Waals surface area contributed by atoms with E-state index in [1.165, 1.54) is 0 Å². The summed E-state index contributed by atoms with van der Waals surface area (Å²) < 4.78 is 22.1. The van der Waals surface area contributed by atoms with Crippen LogP contribution in [0.15, 0.2) is 12.1 Å². The number of rotatable bonds is 4. The van der Waals surface area contributed by atoms with Crippen LogP contribution in [0, 0.1) is 0 Å². The molecule has 22 heavy (non-hydrogen) atoms. The van der Waals surface area contributed by atoms with E-state index in [1.54, 1.807) is 14.2 Å². The molecule has 2 aliphatic heterocycles. The minimum Gasteiger partial charge on any atom is -0.493 e. The molecule has 3 rings (SSSR count). The molecule has 0 N–H and O–H groups in total. The molecule has 1 unspecified atom stereocenters. The molecule has 2 heterocycles. The molecule has 0 aromatic heterocycles. The van der Waals surface area contributed by atoms with Crippen LogP contribution in [0.1, 0.15) is 12.0 Å². The van der Waals surface area contributed by atoms with Crippen LogP contribution in [0.25, 0.3) is 0 Å². The maximum absolute atomic E-state index is 6.28. The van der Waals surface area contributed by atoms with Crippen molar-refractivity contribution in [2.45, 2.75) is 18.6 Å². The van der Waals surface area contributed by atoms with Crippen molar-refractivity contribution in [2.75, 3.05) is 47.1 Å². The fourth-order valence-electron chi connectivity index (χ4n) is 3.21. The first-order chi connectivity index (χ1) is 10.7. The highest BCUT2D eigenvalue weighted by atomic mass is 35.5. The highest BCUT2D eigenvalue weighted by Crippen LogP contribution is 2.37. The van der Waals surface area contributed by atoms with E-state index >= 15 is 0 Å². The third kappa shape index (κ3) is 3.18. The van der Waals surface area contributed by atoms with Crippen LogP contribution in [0.3, 0.4) is 0 Å². The normalized spacial score (nSPS) is 25.6. The number of halogens is 1. The average Bonchev–Trinajstić information content (AvgIpc) is 2.94. The monoisotopic (exact) mass is 327 g/mol. The maximum Gasteiger partial charge on any atom is 0.179 e. The van der Waals surface area contributed by atoms with Crippen molar-refractivity contribution in [1.29, 1.82) is 0 Å². The molecule has 5 nitrogen and oxygen atoms in total. The SMILES string of the molecule is COc1cc(CN2CCOC3(CCOC3)C2)cc(Cl)c1OC. The number of benzene rings is 1. The van der Waals surface area contributed by atoms with Gasteiger partial charge in [0, 0.05) is 32.7 Å². The standard InChI is InChI=1S/C16H22ClNO4/c1-19-14-8-12(7-13(17)15(14)20-2)9-18-4-6-22-16(10-18)3-5-21-11-16/h7-8H,3-6,9-11H2,1-2H3. The smallest absolute Gasteiger partial charge is 0.179 e. The summed E-state index contributed by atoms with van der Waals surface area (Å²) in [6.07, 6.45) is 0.968. The second-order valence-electron chi connectivity index (χ2n) is 5.86. The molecule has 2 aliphatic rings. The molecule has 0 saturated carbocycles. The lowest BCUT2D eigenvalue weighted by Gasteiger charge is -2.39. The van der Waals surface area contributed by atoms with Gasteiger partial charge in [-0.3, -0.25) is 4.90 Å². The van der Waals surface area contributed by atoms with Gasteiger partial charge in [-0.1, -0.05) is 11.6 Å². The number of morpholine rings is 1. The van der Waals surface area contributed by atoms with Gasteiger partial charge in [0.05, 0.1) is 32.5 Å². The van der Waals surface area contributed by atoms with Gasteiger partial charge >= 0.3 is 0 Å². The van der Waals surface area contributed by atoms with E-state index in [4.69, 9.17) is 30.5 Å². The molecule has 2 saturated heterocycles. The Morgan fingerprint density at radius 1 is 1.27 bits per heavy atom. The Balaban J connectivity index is 1.74. The first-order valence-corrected chi connectivity index (χ1v) is 7.88. The van der Waals surface area contributed by atoms with Gasteiger partial charge in [0.1, 0.15) is 5.60 Å². The van der Waals surface area contributed by atoms with Crippen LogP contribution < -0.4 is 9.47 Å². The molecule has 0 bridgehead atoms. The predicted molar refractivity (Wildman–Crippen MR) is 84.0 cm³/mol. The summed E-state index contributed by atoms with van der Waals surface area (Å²) in [6.45, 7) is 4.83. The largest absolute Gasteiger partial charge is 0.493 e. The number of methoxy groups -OCH3 is 2. The molecular weight excluding hydrogens is 306 g/mol. The lowest BCUT2D eigenvalue weighted by molar-refractivity contribution is -0.111.